The fourth-order valence-corrected chi connectivity index (χ4v) is 2.63. The van der Waals surface area contributed by atoms with Crippen molar-refractivity contribution in [3.8, 4) is 5.75 Å². The molecular weight excluding hydrogens is 303 g/mol. The topological polar surface area (TPSA) is 26.3 Å². The summed E-state index contributed by atoms with van der Waals surface area (Å²) >= 11 is 0. The summed E-state index contributed by atoms with van der Waals surface area (Å²) in [4.78, 5) is 11.8. The van der Waals surface area contributed by atoms with E-state index in [9.17, 15) is 4.79 Å². The molecule has 1 aromatic rings. The molecule has 0 N–H and O–H groups in total. The van der Waals surface area contributed by atoms with Crippen LogP contribution in [0, 0.1) is 0 Å². The highest BCUT2D eigenvalue weighted by Gasteiger charge is 2.48. The summed E-state index contributed by atoms with van der Waals surface area (Å²) in [5.41, 5.74) is 2.14. The number of hydrogen-bond acceptors (Lipinski definition) is 2. The van der Waals surface area contributed by atoms with Crippen molar-refractivity contribution in [3.63, 3.8) is 0 Å². The molecule has 2 nitrogen and oxygen atoms in total. The Bertz CT molecular complexity index is 497. The van der Waals surface area contributed by atoms with E-state index in [1.165, 1.54) is 5.56 Å². The molecule has 1 aliphatic rings. The zero-order valence-corrected chi connectivity index (χ0v) is 17.4. The first-order chi connectivity index (χ1) is 10.8. The molecule has 0 aliphatic heterocycles. The molecule has 0 spiro atoms. The van der Waals surface area contributed by atoms with Crippen molar-refractivity contribution in [2.24, 2.45) is 0 Å². The van der Waals surface area contributed by atoms with Gasteiger partial charge in [-0.15, -0.1) is 0 Å². The molecule has 132 valence electrons. The van der Waals surface area contributed by atoms with Crippen LogP contribution >= 0.6 is 9.24 Å². The molecule has 0 heterocycles. The van der Waals surface area contributed by atoms with Crippen molar-refractivity contribution in [1.82, 2.24) is 0 Å². The van der Waals surface area contributed by atoms with Gasteiger partial charge in [0.15, 0.2) is 0 Å². The number of carbonyl (C=O) groups is 1. The first-order valence-electron chi connectivity index (χ1n) is 8.91. The molecule has 23 heavy (non-hydrogen) atoms. The van der Waals surface area contributed by atoms with Gasteiger partial charge in [0.2, 0.25) is 0 Å². The van der Waals surface area contributed by atoms with Crippen molar-refractivity contribution < 1.29 is 9.53 Å². The summed E-state index contributed by atoms with van der Waals surface area (Å²) in [7, 11) is 2.69. The molecule has 2 rings (SSSR count). The largest absolute Gasteiger partial charge is 0.484 e. The Morgan fingerprint density at radius 3 is 2.09 bits per heavy atom. The molecule has 1 aromatic carbocycles. The van der Waals surface area contributed by atoms with Crippen LogP contribution in [0.5, 0.6) is 5.75 Å². The number of ether oxygens (including phenoxy) is 1. The van der Waals surface area contributed by atoms with Crippen LogP contribution in [-0.4, -0.2) is 11.1 Å². The van der Waals surface area contributed by atoms with Gasteiger partial charge in [-0.05, 0) is 57.2 Å². The molecular formula is C20H35O2P. The molecule has 0 amide bonds. The molecule has 0 aromatic heterocycles. The number of rotatable bonds is 5. The molecule has 3 heteroatoms. The van der Waals surface area contributed by atoms with Gasteiger partial charge in [-0.3, -0.25) is 4.79 Å². The van der Waals surface area contributed by atoms with Gasteiger partial charge in [0.1, 0.15) is 16.9 Å². The van der Waals surface area contributed by atoms with Gasteiger partial charge >= 0.3 is 0 Å². The van der Waals surface area contributed by atoms with Crippen LogP contribution < -0.4 is 4.74 Å². The van der Waals surface area contributed by atoms with Crippen molar-refractivity contribution in [1.29, 1.82) is 0 Å². The lowest BCUT2D eigenvalue weighted by atomic mass is 9.90. The maximum Gasteiger partial charge on any atom is 0.140 e. The zero-order chi connectivity index (χ0) is 18.3. The average Bonchev–Trinajstić information content (AvgIpc) is 3.32. The Labute approximate surface area is 145 Å². The van der Waals surface area contributed by atoms with Crippen molar-refractivity contribution in [2.75, 3.05) is 0 Å². The number of ketones is 1. The summed E-state index contributed by atoms with van der Waals surface area (Å²) in [6.07, 6.45) is 2.89. The Kier molecular flexibility index (Phi) is 9.06. The van der Waals surface area contributed by atoms with E-state index < -0.39 is 0 Å². The predicted octanol–water partition coefficient (Wildman–Crippen LogP) is 5.91. The Morgan fingerprint density at radius 2 is 1.74 bits per heavy atom. The monoisotopic (exact) mass is 338 g/mol. The third-order valence-corrected chi connectivity index (χ3v) is 3.91. The standard InChI is InChI=1S/C16H23O2P.2C2H6/c1-5-12-10-13(16(8-9-16)11(2)17)6-7-14(12)18-15(3,4)19;2*1-2/h6-7,10H,5,8-9,19H2,1-4H3;2*1-2H3. The molecule has 0 radical (unpaired) electrons. The van der Waals surface area contributed by atoms with E-state index in [1.54, 1.807) is 6.92 Å². The van der Waals surface area contributed by atoms with Crippen LogP contribution in [0.2, 0.25) is 0 Å². The molecule has 1 fully saturated rings. The number of aryl methyl sites for hydroxylation is 1. The second kappa shape index (κ2) is 9.42. The fraction of sp³-hybridized carbons (Fsp3) is 0.650. The van der Waals surface area contributed by atoms with Gasteiger partial charge in [0.05, 0.1) is 5.41 Å². The highest BCUT2D eigenvalue weighted by molar-refractivity contribution is 7.18. The quantitative estimate of drug-likeness (QED) is 0.624. The van der Waals surface area contributed by atoms with Crippen LogP contribution in [0.3, 0.4) is 0 Å². The second-order valence-corrected chi connectivity index (χ2v) is 7.41. The number of hydrogen-bond donors (Lipinski definition) is 0. The molecule has 1 atom stereocenters. The lowest BCUT2D eigenvalue weighted by Crippen LogP contribution is -2.21. The van der Waals surface area contributed by atoms with E-state index in [4.69, 9.17) is 4.74 Å². The highest BCUT2D eigenvalue weighted by atomic mass is 31.0. The summed E-state index contributed by atoms with van der Waals surface area (Å²) in [5, 5.41) is -0.275. The fourth-order valence-electron chi connectivity index (χ4n) is 2.51. The Balaban J connectivity index is 0.00000112. The third kappa shape index (κ3) is 5.92. The van der Waals surface area contributed by atoms with Crippen LogP contribution in [0.25, 0.3) is 0 Å². The normalized spacial score (nSPS) is 14.7. The minimum Gasteiger partial charge on any atom is -0.484 e. The summed E-state index contributed by atoms with van der Waals surface area (Å²) in [6, 6.07) is 6.22. The summed E-state index contributed by atoms with van der Waals surface area (Å²) in [5.74, 6) is 1.21. The Hall–Kier alpha value is -0.880. The first kappa shape index (κ1) is 22.1. The Morgan fingerprint density at radius 1 is 1.22 bits per heavy atom. The lowest BCUT2D eigenvalue weighted by molar-refractivity contribution is -0.119. The highest BCUT2D eigenvalue weighted by Crippen LogP contribution is 2.49. The van der Waals surface area contributed by atoms with E-state index >= 15 is 0 Å². The van der Waals surface area contributed by atoms with Crippen LogP contribution in [0.15, 0.2) is 18.2 Å². The van der Waals surface area contributed by atoms with Gasteiger partial charge < -0.3 is 4.74 Å². The van der Waals surface area contributed by atoms with E-state index in [-0.39, 0.29) is 16.5 Å². The smallest absolute Gasteiger partial charge is 0.140 e. The molecule has 1 aliphatic carbocycles. The molecule has 1 saturated carbocycles. The third-order valence-electron chi connectivity index (χ3n) is 3.79. The molecule has 0 saturated heterocycles. The van der Waals surface area contributed by atoms with Gasteiger partial charge in [0, 0.05) is 0 Å². The number of benzene rings is 1. The second-order valence-electron chi connectivity index (χ2n) is 6.02. The maximum absolute atomic E-state index is 11.8. The lowest BCUT2D eigenvalue weighted by Gasteiger charge is -2.24. The average molecular weight is 338 g/mol. The molecule has 0 bridgehead atoms. The predicted molar refractivity (Wildman–Crippen MR) is 105 cm³/mol. The van der Waals surface area contributed by atoms with Crippen molar-refractivity contribution in [3.05, 3.63) is 29.3 Å². The van der Waals surface area contributed by atoms with Crippen LogP contribution in [0.4, 0.5) is 0 Å². The maximum atomic E-state index is 11.8. The summed E-state index contributed by atoms with van der Waals surface area (Å²) < 4.78 is 5.95. The van der Waals surface area contributed by atoms with E-state index in [1.807, 2.05) is 47.6 Å². The zero-order valence-electron chi connectivity index (χ0n) is 16.2. The number of Topliss-reactive ketones (excluding diaryl/α,β-unsaturated/α-hetero) is 1. The van der Waals surface area contributed by atoms with E-state index in [0.717, 1.165) is 30.6 Å². The van der Waals surface area contributed by atoms with E-state index in [0.29, 0.717) is 0 Å². The van der Waals surface area contributed by atoms with Gasteiger partial charge in [0.25, 0.3) is 0 Å². The minimum atomic E-state index is -0.275. The minimum absolute atomic E-state index is 0.196. The summed E-state index contributed by atoms with van der Waals surface area (Å²) in [6.45, 7) is 15.9. The van der Waals surface area contributed by atoms with Crippen molar-refractivity contribution in [2.45, 2.75) is 85.4 Å². The molecule has 1 unspecified atom stereocenters. The van der Waals surface area contributed by atoms with Gasteiger partial charge in [-0.25, -0.2) is 0 Å². The number of carbonyl (C=O) groups excluding carboxylic acids is 1. The van der Waals surface area contributed by atoms with E-state index in [2.05, 4.69) is 28.3 Å². The SMILES string of the molecule is CC.CC.CCc1cc(C2(C(C)=O)CC2)ccc1OC(C)(C)P. The van der Waals surface area contributed by atoms with Crippen molar-refractivity contribution >= 4 is 15.0 Å². The first-order valence-corrected chi connectivity index (χ1v) is 9.48. The van der Waals surface area contributed by atoms with Crippen LogP contribution in [0.1, 0.15) is 79.4 Å². The van der Waals surface area contributed by atoms with Gasteiger partial charge in [-0.1, -0.05) is 56.0 Å². The van der Waals surface area contributed by atoms with Crippen LogP contribution in [-0.2, 0) is 16.6 Å². The van der Waals surface area contributed by atoms with Gasteiger partial charge in [-0.2, -0.15) is 0 Å².